The van der Waals surface area contributed by atoms with E-state index in [1.54, 1.807) is 18.2 Å². The summed E-state index contributed by atoms with van der Waals surface area (Å²) in [7, 11) is 0. The number of hydrogen-bond acceptors (Lipinski definition) is 2. The van der Waals surface area contributed by atoms with Crippen LogP contribution in [0.15, 0.2) is 53.3 Å². The summed E-state index contributed by atoms with van der Waals surface area (Å²) >= 11 is 13.7. The van der Waals surface area contributed by atoms with Crippen LogP contribution in [-0.4, -0.2) is 0 Å². The summed E-state index contributed by atoms with van der Waals surface area (Å²) < 4.78 is 0.737. The normalized spacial score (nSPS) is 10.8. The Balaban J connectivity index is 2.38. The molecule has 0 amide bonds. The van der Waals surface area contributed by atoms with Crippen LogP contribution >= 0.6 is 34.5 Å². The van der Waals surface area contributed by atoms with Gasteiger partial charge in [-0.15, -0.1) is 11.3 Å². The minimum absolute atomic E-state index is 0.0971. The minimum Gasteiger partial charge on any atom is -0.289 e. The molecule has 0 N–H and O–H groups in total. The van der Waals surface area contributed by atoms with Gasteiger partial charge in [0.1, 0.15) is 0 Å². The Bertz CT molecular complexity index is 809. The van der Waals surface area contributed by atoms with Crippen LogP contribution in [-0.2, 0) is 0 Å². The monoisotopic (exact) mass is 306 g/mol. The first kappa shape index (κ1) is 12.7. The zero-order valence-electron chi connectivity index (χ0n) is 9.69. The Labute approximate surface area is 124 Å². The number of rotatable bonds is 1. The molecule has 3 rings (SSSR count). The maximum atomic E-state index is 12.2. The molecule has 3 aromatic rings. The Morgan fingerprint density at radius 2 is 1.58 bits per heavy atom. The lowest BCUT2D eigenvalue weighted by Crippen LogP contribution is -1.99. The molecule has 0 radical (unpaired) electrons. The van der Waals surface area contributed by atoms with Crippen molar-refractivity contribution in [3.63, 3.8) is 0 Å². The third-order valence-electron chi connectivity index (χ3n) is 2.84. The van der Waals surface area contributed by atoms with E-state index >= 15 is 0 Å². The molecule has 0 saturated heterocycles. The highest BCUT2D eigenvalue weighted by Gasteiger charge is 2.10. The molecule has 0 atom stereocenters. The SMILES string of the molecule is O=c1cc(-c2ccccc2)sc2c(Cl)ccc(Cl)c12. The van der Waals surface area contributed by atoms with Gasteiger partial charge in [0.05, 0.1) is 20.1 Å². The first-order valence-electron chi connectivity index (χ1n) is 5.64. The lowest BCUT2D eigenvalue weighted by Gasteiger charge is -2.05. The Morgan fingerprint density at radius 1 is 0.895 bits per heavy atom. The van der Waals surface area contributed by atoms with E-state index in [-0.39, 0.29) is 5.43 Å². The van der Waals surface area contributed by atoms with E-state index in [4.69, 9.17) is 23.2 Å². The summed E-state index contributed by atoms with van der Waals surface area (Å²) in [6.07, 6.45) is 0. The van der Waals surface area contributed by atoms with E-state index in [2.05, 4.69) is 0 Å². The fourth-order valence-corrected chi connectivity index (χ4v) is 3.64. The Hall–Kier alpha value is -1.35. The molecule has 1 nitrogen and oxygen atoms in total. The topological polar surface area (TPSA) is 17.1 Å². The third kappa shape index (κ3) is 2.27. The molecule has 1 heterocycles. The molecular weight excluding hydrogens is 299 g/mol. The molecular formula is C15H8Cl2OS. The van der Waals surface area contributed by atoms with Crippen LogP contribution in [0.25, 0.3) is 20.5 Å². The van der Waals surface area contributed by atoms with Crippen LogP contribution in [0.5, 0.6) is 0 Å². The highest BCUT2D eigenvalue weighted by Crippen LogP contribution is 2.35. The second-order valence-electron chi connectivity index (χ2n) is 4.07. The highest BCUT2D eigenvalue weighted by atomic mass is 35.5. The Kier molecular flexibility index (Phi) is 3.31. The van der Waals surface area contributed by atoms with Crippen molar-refractivity contribution in [3.8, 4) is 10.4 Å². The van der Waals surface area contributed by atoms with Crippen molar-refractivity contribution in [1.82, 2.24) is 0 Å². The van der Waals surface area contributed by atoms with Gasteiger partial charge in [0.25, 0.3) is 0 Å². The van der Waals surface area contributed by atoms with Crippen molar-refractivity contribution in [2.75, 3.05) is 0 Å². The van der Waals surface area contributed by atoms with E-state index in [0.717, 1.165) is 15.1 Å². The zero-order chi connectivity index (χ0) is 13.4. The number of hydrogen-bond donors (Lipinski definition) is 0. The maximum Gasteiger partial charge on any atom is 0.190 e. The fraction of sp³-hybridized carbons (Fsp3) is 0. The quantitative estimate of drug-likeness (QED) is 0.601. The molecule has 0 unspecified atom stereocenters. The summed E-state index contributed by atoms with van der Waals surface area (Å²) in [5.41, 5.74) is 0.905. The number of halogens is 2. The van der Waals surface area contributed by atoms with Gasteiger partial charge >= 0.3 is 0 Å². The van der Waals surface area contributed by atoms with Crippen molar-refractivity contribution in [1.29, 1.82) is 0 Å². The van der Waals surface area contributed by atoms with Crippen LogP contribution in [0.4, 0.5) is 0 Å². The fourth-order valence-electron chi connectivity index (χ4n) is 1.94. The van der Waals surface area contributed by atoms with Crippen LogP contribution in [0.2, 0.25) is 10.0 Å². The van der Waals surface area contributed by atoms with Gasteiger partial charge in [-0.1, -0.05) is 53.5 Å². The van der Waals surface area contributed by atoms with Crippen molar-refractivity contribution >= 4 is 44.6 Å². The molecule has 1 aromatic heterocycles. The zero-order valence-corrected chi connectivity index (χ0v) is 12.0. The number of fused-ring (bicyclic) bond motifs is 1. The summed E-state index contributed by atoms with van der Waals surface area (Å²) in [4.78, 5) is 13.1. The molecule has 0 spiro atoms. The Morgan fingerprint density at radius 3 is 2.32 bits per heavy atom. The van der Waals surface area contributed by atoms with Crippen LogP contribution in [0, 0.1) is 0 Å². The molecule has 19 heavy (non-hydrogen) atoms. The van der Waals surface area contributed by atoms with Crippen LogP contribution in [0.3, 0.4) is 0 Å². The lowest BCUT2D eigenvalue weighted by molar-refractivity contribution is 1.66. The summed E-state index contributed by atoms with van der Waals surface area (Å²) in [6, 6.07) is 14.7. The molecule has 0 saturated carbocycles. The molecule has 0 aliphatic carbocycles. The van der Waals surface area contributed by atoms with E-state index < -0.39 is 0 Å². The van der Waals surface area contributed by atoms with Crippen LogP contribution in [0.1, 0.15) is 0 Å². The first-order chi connectivity index (χ1) is 9.16. The van der Waals surface area contributed by atoms with E-state index in [0.29, 0.717) is 15.4 Å². The van der Waals surface area contributed by atoms with E-state index in [9.17, 15) is 4.79 Å². The summed E-state index contributed by atoms with van der Waals surface area (Å²) in [5, 5.41) is 1.50. The molecule has 4 heteroatoms. The van der Waals surface area contributed by atoms with Crippen molar-refractivity contribution in [2.45, 2.75) is 0 Å². The van der Waals surface area contributed by atoms with Gasteiger partial charge < -0.3 is 0 Å². The average molecular weight is 307 g/mol. The van der Waals surface area contributed by atoms with Gasteiger partial charge in [-0.25, -0.2) is 0 Å². The smallest absolute Gasteiger partial charge is 0.190 e. The lowest BCUT2D eigenvalue weighted by atomic mass is 10.2. The number of benzene rings is 2. The van der Waals surface area contributed by atoms with Gasteiger partial charge in [-0.05, 0) is 17.7 Å². The second-order valence-corrected chi connectivity index (χ2v) is 5.94. The highest BCUT2D eigenvalue weighted by molar-refractivity contribution is 7.22. The van der Waals surface area contributed by atoms with Gasteiger partial charge in [0.2, 0.25) is 0 Å². The molecule has 0 bridgehead atoms. The summed E-state index contributed by atoms with van der Waals surface area (Å²) in [6.45, 7) is 0. The molecule has 0 aliphatic heterocycles. The third-order valence-corrected chi connectivity index (χ3v) is 4.78. The van der Waals surface area contributed by atoms with Crippen LogP contribution < -0.4 is 5.43 Å². The maximum absolute atomic E-state index is 12.2. The summed E-state index contributed by atoms with van der Waals surface area (Å²) in [5.74, 6) is 0. The average Bonchev–Trinajstić information content (AvgIpc) is 2.43. The van der Waals surface area contributed by atoms with Gasteiger partial charge in [-0.3, -0.25) is 4.79 Å². The van der Waals surface area contributed by atoms with Crippen molar-refractivity contribution in [3.05, 3.63) is 68.8 Å². The standard InChI is InChI=1S/C15H8Cl2OS/c16-10-6-7-11(17)15-14(10)12(18)8-13(19-15)9-4-2-1-3-5-9/h1-8H. The molecule has 2 aromatic carbocycles. The predicted octanol–water partition coefficient (Wildman–Crippen LogP) is 5.24. The van der Waals surface area contributed by atoms with Crippen molar-refractivity contribution < 1.29 is 0 Å². The van der Waals surface area contributed by atoms with E-state index in [1.807, 2.05) is 30.3 Å². The predicted molar refractivity (Wildman–Crippen MR) is 83.6 cm³/mol. The minimum atomic E-state index is -0.0971. The van der Waals surface area contributed by atoms with Gasteiger partial charge in [0.15, 0.2) is 5.43 Å². The van der Waals surface area contributed by atoms with Crippen molar-refractivity contribution in [2.24, 2.45) is 0 Å². The van der Waals surface area contributed by atoms with Gasteiger partial charge in [0, 0.05) is 10.9 Å². The molecule has 0 aliphatic rings. The first-order valence-corrected chi connectivity index (χ1v) is 7.21. The molecule has 94 valence electrons. The van der Waals surface area contributed by atoms with Gasteiger partial charge in [-0.2, -0.15) is 0 Å². The largest absolute Gasteiger partial charge is 0.289 e. The van der Waals surface area contributed by atoms with E-state index in [1.165, 1.54) is 11.3 Å². The second kappa shape index (κ2) is 4.97. The molecule has 0 fully saturated rings.